The van der Waals surface area contributed by atoms with E-state index < -0.39 is 9.84 Å². The van der Waals surface area contributed by atoms with Crippen molar-refractivity contribution in [1.29, 1.82) is 0 Å². The number of aromatic nitrogens is 2. The van der Waals surface area contributed by atoms with Crippen molar-refractivity contribution in [1.82, 2.24) is 9.78 Å². The molecular weight excluding hydrogens is 386 g/mol. The molecule has 1 aromatic heterocycles. The van der Waals surface area contributed by atoms with Crippen molar-refractivity contribution in [3.63, 3.8) is 0 Å². The number of anilines is 1. The van der Waals surface area contributed by atoms with Gasteiger partial charge in [0.25, 0.3) is 5.91 Å². The molecule has 140 valence electrons. The largest absolute Gasteiger partial charge is 0.322 e. The lowest BCUT2D eigenvalue weighted by Gasteiger charge is -2.08. The highest BCUT2D eigenvalue weighted by molar-refractivity contribution is 7.90. The Hall–Kier alpha value is -2.64. The van der Waals surface area contributed by atoms with Gasteiger partial charge < -0.3 is 5.32 Å². The standard InChI is InChI=1S/C19H18ClN3O3S/c1-12-18(20)13(2)23(22-12)16-9-7-14(8-10-16)19(24)21-15-5-4-6-17(11-15)27(3,25)26/h4-11H,1-3H3,(H,21,24). The SMILES string of the molecule is Cc1nn(-c2ccc(C(=O)Nc3cccc(S(C)(=O)=O)c3)cc2)c(C)c1Cl. The summed E-state index contributed by atoms with van der Waals surface area (Å²) in [6.07, 6.45) is 1.12. The second-order valence-corrected chi connectivity index (χ2v) is 8.59. The Morgan fingerprint density at radius 3 is 2.33 bits per heavy atom. The molecule has 1 amide bonds. The number of carbonyl (C=O) groups is 1. The summed E-state index contributed by atoms with van der Waals surface area (Å²) < 4.78 is 25.0. The molecule has 0 aliphatic carbocycles. The number of rotatable bonds is 4. The average Bonchev–Trinajstić information content (AvgIpc) is 2.89. The fraction of sp³-hybridized carbons (Fsp3) is 0.158. The maximum atomic E-state index is 12.4. The minimum Gasteiger partial charge on any atom is -0.322 e. The Morgan fingerprint density at radius 1 is 1.11 bits per heavy atom. The third-order valence-electron chi connectivity index (χ3n) is 4.10. The third kappa shape index (κ3) is 4.04. The van der Waals surface area contributed by atoms with E-state index in [4.69, 9.17) is 11.6 Å². The van der Waals surface area contributed by atoms with Gasteiger partial charge in [-0.15, -0.1) is 0 Å². The second kappa shape index (κ2) is 7.17. The maximum absolute atomic E-state index is 12.4. The number of benzene rings is 2. The highest BCUT2D eigenvalue weighted by Gasteiger charge is 2.13. The van der Waals surface area contributed by atoms with E-state index in [2.05, 4.69) is 10.4 Å². The predicted octanol–water partition coefficient (Wildman–Crippen LogP) is 3.80. The molecule has 2 aromatic carbocycles. The van der Waals surface area contributed by atoms with Crippen LogP contribution in [0.1, 0.15) is 21.7 Å². The summed E-state index contributed by atoms with van der Waals surface area (Å²) in [6.45, 7) is 3.70. The minimum atomic E-state index is -3.34. The van der Waals surface area contributed by atoms with Crippen LogP contribution in [0.3, 0.4) is 0 Å². The third-order valence-corrected chi connectivity index (χ3v) is 5.75. The van der Waals surface area contributed by atoms with Gasteiger partial charge in [0, 0.05) is 17.5 Å². The molecule has 0 atom stereocenters. The first-order chi connectivity index (χ1) is 12.7. The molecule has 0 radical (unpaired) electrons. The highest BCUT2D eigenvalue weighted by Crippen LogP contribution is 2.23. The molecule has 3 rings (SSSR count). The molecule has 0 spiro atoms. The molecular formula is C19H18ClN3O3S. The van der Waals surface area contributed by atoms with Crippen molar-refractivity contribution in [2.45, 2.75) is 18.7 Å². The van der Waals surface area contributed by atoms with Gasteiger partial charge in [-0.3, -0.25) is 4.79 Å². The second-order valence-electron chi connectivity index (χ2n) is 6.20. The number of halogens is 1. The van der Waals surface area contributed by atoms with Crippen molar-refractivity contribution < 1.29 is 13.2 Å². The Balaban J connectivity index is 1.81. The van der Waals surface area contributed by atoms with Crippen LogP contribution in [0.5, 0.6) is 0 Å². The van der Waals surface area contributed by atoms with Gasteiger partial charge in [-0.05, 0) is 56.3 Å². The van der Waals surface area contributed by atoms with E-state index in [0.29, 0.717) is 16.3 Å². The van der Waals surface area contributed by atoms with Gasteiger partial charge in [-0.2, -0.15) is 5.10 Å². The number of amides is 1. The summed E-state index contributed by atoms with van der Waals surface area (Å²) in [5.41, 5.74) is 3.21. The number of hydrogen-bond donors (Lipinski definition) is 1. The lowest BCUT2D eigenvalue weighted by molar-refractivity contribution is 0.102. The summed E-state index contributed by atoms with van der Waals surface area (Å²) in [7, 11) is -3.34. The zero-order valence-electron chi connectivity index (χ0n) is 15.0. The monoisotopic (exact) mass is 403 g/mol. The van der Waals surface area contributed by atoms with Crippen LogP contribution in [-0.4, -0.2) is 30.4 Å². The molecule has 27 heavy (non-hydrogen) atoms. The number of carbonyl (C=O) groups excluding carboxylic acids is 1. The molecule has 8 heteroatoms. The fourth-order valence-corrected chi connectivity index (χ4v) is 3.42. The Morgan fingerprint density at radius 2 is 1.78 bits per heavy atom. The molecule has 3 aromatic rings. The van der Waals surface area contributed by atoms with Crippen LogP contribution in [0.25, 0.3) is 5.69 Å². The van der Waals surface area contributed by atoms with Crippen LogP contribution in [0.4, 0.5) is 5.69 Å². The van der Waals surface area contributed by atoms with Gasteiger partial charge >= 0.3 is 0 Å². The zero-order valence-corrected chi connectivity index (χ0v) is 16.6. The van der Waals surface area contributed by atoms with Crippen LogP contribution < -0.4 is 5.32 Å². The van der Waals surface area contributed by atoms with E-state index in [1.807, 2.05) is 13.8 Å². The van der Waals surface area contributed by atoms with E-state index in [9.17, 15) is 13.2 Å². The van der Waals surface area contributed by atoms with E-state index >= 15 is 0 Å². The lowest BCUT2D eigenvalue weighted by Crippen LogP contribution is -2.12. The lowest BCUT2D eigenvalue weighted by atomic mass is 10.2. The number of hydrogen-bond acceptors (Lipinski definition) is 4. The van der Waals surface area contributed by atoms with Crippen molar-refractivity contribution in [2.24, 2.45) is 0 Å². The molecule has 0 saturated heterocycles. The average molecular weight is 404 g/mol. The predicted molar refractivity (Wildman–Crippen MR) is 106 cm³/mol. The van der Waals surface area contributed by atoms with Gasteiger partial charge in [0.15, 0.2) is 9.84 Å². The number of sulfone groups is 1. The zero-order chi connectivity index (χ0) is 19.8. The summed E-state index contributed by atoms with van der Waals surface area (Å²) in [4.78, 5) is 12.6. The Bertz CT molecular complexity index is 1120. The Kier molecular flexibility index (Phi) is 5.08. The van der Waals surface area contributed by atoms with Crippen LogP contribution in [0.15, 0.2) is 53.4 Å². The van der Waals surface area contributed by atoms with E-state index in [1.165, 1.54) is 12.1 Å². The molecule has 0 unspecified atom stereocenters. The fourth-order valence-electron chi connectivity index (χ4n) is 2.64. The molecule has 0 saturated carbocycles. The molecule has 1 N–H and O–H groups in total. The Labute approximate surface area is 162 Å². The van der Waals surface area contributed by atoms with E-state index in [-0.39, 0.29) is 10.8 Å². The van der Waals surface area contributed by atoms with E-state index in [0.717, 1.165) is 23.3 Å². The van der Waals surface area contributed by atoms with Crippen LogP contribution in [-0.2, 0) is 9.84 Å². The van der Waals surface area contributed by atoms with Crippen molar-refractivity contribution in [2.75, 3.05) is 11.6 Å². The summed E-state index contributed by atoms with van der Waals surface area (Å²) in [5.74, 6) is -0.335. The van der Waals surface area contributed by atoms with Crippen LogP contribution in [0.2, 0.25) is 5.02 Å². The van der Waals surface area contributed by atoms with E-state index in [1.54, 1.807) is 41.1 Å². The molecule has 0 aliphatic heterocycles. The molecule has 0 aliphatic rings. The minimum absolute atomic E-state index is 0.150. The van der Waals surface area contributed by atoms with Gasteiger partial charge in [0.1, 0.15) is 0 Å². The number of nitrogens with one attached hydrogen (secondary N) is 1. The topological polar surface area (TPSA) is 81.1 Å². The number of nitrogens with zero attached hydrogens (tertiary/aromatic N) is 2. The first kappa shape index (κ1) is 19.1. The molecule has 0 fully saturated rings. The number of aryl methyl sites for hydroxylation is 1. The van der Waals surface area contributed by atoms with Crippen LogP contribution in [0, 0.1) is 13.8 Å². The quantitative estimate of drug-likeness (QED) is 0.718. The van der Waals surface area contributed by atoms with Gasteiger partial charge in [0.05, 0.1) is 27.0 Å². The van der Waals surface area contributed by atoms with Crippen molar-refractivity contribution >= 4 is 33.0 Å². The van der Waals surface area contributed by atoms with Gasteiger partial charge in [-0.25, -0.2) is 13.1 Å². The van der Waals surface area contributed by atoms with Crippen molar-refractivity contribution in [3.8, 4) is 5.69 Å². The molecule has 6 nitrogen and oxygen atoms in total. The maximum Gasteiger partial charge on any atom is 0.255 e. The smallest absolute Gasteiger partial charge is 0.255 e. The molecule has 1 heterocycles. The summed E-state index contributed by atoms with van der Waals surface area (Å²) >= 11 is 6.17. The van der Waals surface area contributed by atoms with Crippen LogP contribution >= 0.6 is 11.6 Å². The van der Waals surface area contributed by atoms with Gasteiger partial charge in [-0.1, -0.05) is 17.7 Å². The summed E-state index contributed by atoms with van der Waals surface area (Å²) in [6, 6.07) is 13.0. The first-order valence-electron chi connectivity index (χ1n) is 8.10. The van der Waals surface area contributed by atoms with Crippen molar-refractivity contribution in [3.05, 3.63) is 70.5 Å². The molecule has 0 bridgehead atoms. The van der Waals surface area contributed by atoms with Gasteiger partial charge in [0.2, 0.25) is 0 Å². The summed E-state index contributed by atoms with van der Waals surface area (Å²) in [5, 5.41) is 7.70. The first-order valence-corrected chi connectivity index (χ1v) is 10.4. The highest BCUT2D eigenvalue weighted by atomic mass is 35.5. The normalized spacial score (nSPS) is 11.4.